The molecule has 1 aromatic heterocycles. The monoisotopic (exact) mass is 461 g/mol. The van der Waals surface area contributed by atoms with Crippen molar-refractivity contribution in [2.24, 2.45) is 5.92 Å². The molecule has 1 unspecified atom stereocenters. The number of nitrogens with one attached hydrogen (secondary N) is 2. The van der Waals surface area contributed by atoms with E-state index in [4.69, 9.17) is 11.6 Å². The van der Waals surface area contributed by atoms with Crippen molar-refractivity contribution in [3.05, 3.63) is 23.4 Å². The van der Waals surface area contributed by atoms with Crippen LogP contribution in [0.25, 0.3) is 0 Å². The van der Waals surface area contributed by atoms with E-state index in [1.165, 1.54) is 11.1 Å². The first kappa shape index (κ1) is 22.5. The lowest BCUT2D eigenvalue weighted by molar-refractivity contribution is -0.136. The summed E-state index contributed by atoms with van der Waals surface area (Å²) in [5, 5.41) is 6.12. The fourth-order valence-corrected chi connectivity index (χ4v) is 4.95. The maximum Gasteiger partial charge on any atom is 0.325 e. The van der Waals surface area contributed by atoms with Gasteiger partial charge in [-0.1, -0.05) is 30.9 Å². The predicted molar refractivity (Wildman–Crippen MR) is 118 cm³/mol. The highest BCUT2D eigenvalue weighted by Gasteiger charge is 2.51. The quantitative estimate of drug-likeness (QED) is 0.654. The Balaban J connectivity index is 1.29. The topological polar surface area (TPSA) is 112 Å². The number of rotatable bonds is 5. The molecule has 0 radical (unpaired) electrons. The van der Waals surface area contributed by atoms with Gasteiger partial charge < -0.3 is 15.5 Å². The molecule has 4 rings (SSSR count). The van der Waals surface area contributed by atoms with E-state index in [1.807, 2.05) is 0 Å². The van der Waals surface area contributed by atoms with Gasteiger partial charge in [-0.05, 0) is 37.8 Å². The number of anilines is 1. The number of aromatic nitrogens is 1. The number of nitrogens with zero attached hydrogens (tertiary/aromatic N) is 3. The summed E-state index contributed by atoms with van der Waals surface area (Å²) in [6, 6.07) is 2.87. The van der Waals surface area contributed by atoms with Crippen LogP contribution in [0.4, 0.5) is 10.6 Å². The van der Waals surface area contributed by atoms with Crippen LogP contribution in [0, 0.1) is 5.92 Å². The summed E-state index contributed by atoms with van der Waals surface area (Å²) in [6.07, 6.45) is 7.14. The molecule has 2 aliphatic heterocycles. The molecule has 9 nitrogen and oxygen atoms in total. The van der Waals surface area contributed by atoms with Crippen molar-refractivity contribution in [3.8, 4) is 0 Å². The predicted octanol–water partition coefficient (Wildman–Crippen LogP) is 2.56. The fourth-order valence-electron chi connectivity index (χ4n) is 4.83. The Morgan fingerprint density at radius 2 is 1.97 bits per heavy atom. The molecule has 0 aromatic carbocycles. The Morgan fingerprint density at radius 3 is 2.69 bits per heavy atom. The lowest BCUT2D eigenvalue weighted by atomic mass is 9.82. The molecule has 3 heterocycles. The summed E-state index contributed by atoms with van der Waals surface area (Å²) in [5.41, 5.74) is -0.775. The number of imide groups is 1. The molecule has 1 atom stereocenters. The summed E-state index contributed by atoms with van der Waals surface area (Å²) in [6.45, 7) is 0.932. The minimum atomic E-state index is -0.775. The van der Waals surface area contributed by atoms with Gasteiger partial charge in [0, 0.05) is 32.3 Å². The van der Waals surface area contributed by atoms with E-state index >= 15 is 0 Å². The zero-order valence-corrected chi connectivity index (χ0v) is 18.7. The Bertz CT molecular complexity index is 900. The lowest BCUT2D eigenvalue weighted by Gasteiger charge is -2.32. The van der Waals surface area contributed by atoms with Crippen LogP contribution in [0.2, 0.25) is 5.02 Å². The second kappa shape index (κ2) is 9.44. The van der Waals surface area contributed by atoms with Gasteiger partial charge in [0.25, 0.3) is 5.91 Å². The summed E-state index contributed by atoms with van der Waals surface area (Å²) in [5.74, 6) is -0.477. The van der Waals surface area contributed by atoms with Gasteiger partial charge in [-0.15, -0.1) is 0 Å². The van der Waals surface area contributed by atoms with Crippen LogP contribution >= 0.6 is 11.6 Å². The van der Waals surface area contributed by atoms with Crippen molar-refractivity contribution in [1.82, 2.24) is 20.1 Å². The molecule has 3 fully saturated rings. The van der Waals surface area contributed by atoms with Crippen LogP contribution in [0.15, 0.2) is 18.3 Å². The summed E-state index contributed by atoms with van der Waals surface area (Å²) < 4.78 is 0. The first-order chi connectivity index (χ1) is 15.4. The Hall–Kier alpha value is -2.68. The van der Waals surface area contributed by atoms with Crippen LogP contribution in [-0.4, -0.2) is 63.7 Å². The van der Waals surface area contributed by atoms with Crippen LogP contribution in [-0.2, 0) is 14.4 Å². The van der Waals surface area contributed by atoms with Crippen molar-refractivity contribution >= 4 is 41.2 Å². The minimum Gasteiger partial charge on any atom is -0.342 e. The van der Waals surface area contributed by atoms with E-state index in [-0.39, 0.29) is 36.6 Å². The normalized spacial score (nSPS) is 22.7. The maximum absolute atomic E-state index is 12.9. The molecule has 0 bridgehead atoms. The van der Waals surface area contributed by atoms with E-state index in [1.54, 1.807) is 17.0 Å². The highest BCUT2D eigenvalue weighted by Crippen LogP contribution is 2.33. The first-order valence-electron chi connectivity index (χ1n) is 11.2. The number of amides is 5. The number of carbonyl (C=O) groups excluding carboxylic acids is 4. The van der Waals surface area contributed by atoms with E-state index in [0.717, 1.165) is 19.3 Å². The smallest absolute Gasteiger partial charge is 0.325 e. The summed E-state index contributed by atoms with van der Waals surface area (Å²) >= 11 is 5.82. The molecule has 1 spiro atoms. The van der Waals surface area contributed by atoms with Crippen molar-refractivity contribution in [2.45, 2.75) is 56.9 Å². The van der Waals surface area contributed by atoms with E-state index in [2.05, 4.69) is 15.6 Å². The Morgan fingerprint density at radius 1 is 1.19 bits per heavy atom. The minimum absolute atomic E-state index is 0.0579. The zero-order valence-electron chi connectivity index (χ0n) is 17.9. The highest BCUT2D eigenvalue weighted by molar-refractivity contribution is 6.30. The molecular formula is C22H28ClN5O4. The van der Waals surface area contributed by atoms with Crippen LogP contribution in [0.5, 0.6) is 0 Å². The van der Waals surface area contributed by atoms with Gasteiger partial charge >= 0.3 is 6.03 Å². The van der Waals surface area contributed by atoms with Gasteiger partial charge in [-0.25, -0.2) is 9.78 Å². The van der Waals surface area contributed by atoms with Gasteiger partial charge in [0.05, 0.1) is 10.9 Å². The van der Waals surface area contributed by atoms with Crippen molar-refractivity contribution in [2.75, 3.05) is 25.0 Å². The molecule has 5 amide bonds. The summed E-state index contributed by atoms with van der Waals surface area (Å²) in [7, 11) is 0. The van der Waals surface area contributed by atoms with E-state index < -0.39 is 11.6 Å². The molecule has 1 saturated carbocycles. The third kappa shape index (κ3) is 4.72. The number of carbonyl (C=O) groups is 4. The van der Waals surface area contributed by atoms with Crippen LogP contribution in [0.3, 0.4) is 0 Å². The van der Waals surface area contributed by atoms with Gasteiger partial charge in [0.1, 0.15) is 11.4 Å². The second-order valence-electron chi connectivity index (χ2n) is 8.81. The molecule has 2 N–H and O–H groups in total. The number of likely N-dealkylation sites (tertiary alicyclic amines) is 1. The number of halogens is 1. The van der Waals surface area contributed by atoms with Gasteiger partial charge in [-0.2, -0.15) is 0 Å². The average Bonchev–Trinajstić information content (AvgIpc) is 3.02. The summed E-state index contributed by atoms with van der Waals surface area (Å²) in [4.78, 5) is 57.6. The van der Waals surface area contributed by atoms with Gasteiger partial charge in [0.15, 0.2) is 0 Å². The third-order valence-electron chi connectivity index (χ3n) is 6.63. The maximum atomic E-state index is 12.9. The van der Waals surface area contributed by atoms with Crippen LogP contribution < -0.4 is 10.6 Å². The third-order valence-corrected chi connectivity index (χ3v) is 6.85. The van der Waals surface area contributed by atoms with E-state index in [0.29, 0.717) is 49.6 Å². The fraction of sp³-hybridized carbons (Fsp3) is 0.591. The molecule has 1 aromatic rings. The van der Waals surface area contributed by atoms with E-state index in [9.17, 15) is 19.2 Å². The van der Waals surface area contributed by atoms with Gasteiger partial charge in [-0.3, -0.25) is 19.3 Å². The van der Waals surface area contributed by atoms with Crippen molar-refractivity contribution < 1.29 is 19.2 Å². The molecular weight excluding hydrogens is 434 g/mol. The Kier molecular flexibility index (Phi) is 6.64. The molecule has 32 heavy (non-hydrogen) atoms. The van der Waals surface area contributed by atoms with Crippen molar-refractivity contribution in [1.29, 1.82) is 0 Å². The standard InChI is InChI=1S/C22H28ClN5O4/c23-16-6-7-17(24-13-16)25-19(30)15-5-4-11-27(14-15)18(29)8-12-28-20(31)22(26-21(28)32)9-2-1-3-10-22/h6-7,13,15H,1-5,8-12,14H2,(H,26,32)(H,24,25,30). The molecule has 10 heteroatoms. The SMILES string of the molecule is O=C(Nc1ccc(Cl)cn1)C1CCCN(C(=O)CCN2C(=O)NC3(CCCCC3)C2=O)C1. The molecule has 172 valence electrons. The number of urea groups is 1. The first-order valence-corrected chi connectivity index (χ1v) is 11.6. The second-order valence-corrected chi connectivity index (χ2v) is 9.25. The Labute approximate surface area is 191 Å². The van der Waals surface area contributed by atoms with Crippen LogP contribution in [0.1, 0.15) is 51.4 Å². The number of pyridine rings is 1. The average molecular weight is 462 g/mol. The molecule has 2 saturated heterocycles. The number of piperidine rings is 1. The largest absolute Gasteiger partial charge is 0.342 e. The molecule has 1 aliphatic carbocycles. The van der Waals surface area contributed by atoms with Gasteiger partial charge in [0.2, 0.25) is 11.8 Å². The molecule has 3 aliphatic rings. The number of hydrogen-bond acceptors (Lipinski definition) is 5. The zero-order chi connectivity index (χ0) is 22.7. The lowest BCUT2D eigenvalue weighted by Crippen LogP contribution is -2.48. The van der Waals surface area contributed by atoms with Crippen molar-refractivity contribution in [3.63, 3.8) is 0 Å². The highest BCUT2D eigenvalue weighted by atomic mass is 35.5. The number of hydrogen-bond donors (Lipinski definition) is 2.